The van der Waals surface area contributed by atoms with Crippen LogP contribution in [0.1, 0.15) is 17.3 Å². The van der Waals surface area contributed by atoms with E-state index < -0.39 is 17.5 Å². The fourth-order valence-corrected chi connectivity index (χ4v) is 2.17. The van der Waals surface area contributed by atoms with Crippen LogP contribution in [0.25, 0.3) is 0 Å². The molecule has 0 radical (unpaired) electrons. The standard InChI is InChI=1S/C18H13F3N4O/c1-10(26)11-2-4-12(5-3-11)23-15-8-9-22-18(25-15)24-14-7-6-13(19)16(20)17(14)21/h2-9H,1H3,(H2,22,23,24,25). The second-order valence-corrected chi connectivity index (χ2v) is 5.37. The van der Waals surface area contributed by atoms with Crippen LogP contribution in [0.15, 0.2) is 48.7 Å². The molecule has 1 aromatic heterocycles. The molecule has 0 aliphatic rings. The number of nitrogens with one attached hydrogen (secondary N) is 2. The molecule has 0 spiro atoms. The number of hydrogen-bond acceptors (Lipinski definition) is 5. The molecule has 0 amide bonds. The first-order valence-electron chi connectivity index (χ1n) is 7.55. The monoisotopic (exact) mass is 358 g/mol. The molecular weight excluding hydrogens is 345 g/mol. The predicted octanol–water partition coefficient (Wildman–Crippen LogP) is 4.58. The number of anilines is 4. The highest BCUT2D eigenvalue weighted by Crippen LogP contribution is 2.23. The molecule has 2 aromatic carbocycles. The van der Waals surface area contributed by atoms with Gasteiger partial charge in [0.1, 0.15) is 5.82 Å². The highest BCUT2D eigenvalue weighted by molar-refractivity contribution is 5.94. The smallest absolute Gasteiger partial charge is 0.229 e. The summed E-state index contributed by atoms with van der Waals surface area (Å²) in [6.45, 7) is 1.47. The fraction of sp³-hybridized carbons (Fsp3) is 0.0556. The zero-order valence-electron chi connectivity index (χ0n) is 13.6. The molecule has 0 aliphatic carbocycles. The molecule has 0 saturated heterocycles. The Kier molecular flexibility index (Phi) is 4.83. The molecule has 0 fully saturated rings. The van der Waals surface area contributed by atoms with E-state index in [1.807, 2.05) is 0 Å². The predicted molar refractivity (Wildman–Crippen MR) is 91.4 cm³/mol. The minimum Gasteiger partial charge on any atom is -0.340 e. The van der Waals surface area contributed by atoms with Gasteiger partial charge in [-0.25, -0.2) is 18.2 Å². The van der Waals surface area contributed by atoms with E-state index in [0.29, 0.717) is 17.1 Å². The van der Waals surface area contributed by atoms with E-state index in [-0.39, 0.29) is 17.4 Å². The second-order valence-electron chi connectivity index (χ2n) is 5.37. The Bertz CT molecular complexity index is 961. The minimum atomic E-state index is -1.57. The van der Waals surface area contributed by atoms with Gasteiger partial charge in [0.2, 0.25) is 5.95 Å². The third kappa shape index (κ3) is 3.80. The van der Waals surface area contributed by atoms with Gasteiger partial charge in [-0.15, -0.1) is 0 Å². The molecule has 132 valence electrons. The number of halogens is 3. The molecule has 5 nitrogen and oxygen atoms in total. The summed E-state index contributed by atoms with van der Waals surface area (Å²) in [7, 11) is 0. The van der Waals surface area contributed by atoms with Crippen molar-refractivity contribution in [3.05, 3.63) is 71.7 Å². The van der Waals surface area contributed by atoms with E-state index in [1.54, 1.807) is 30.3 Å². The quantitative estimate of drug-likeness (QED) is 0.516. The lowest BCUT2D eigenvalue weighted by molar-refractivity contribution is 0.101. The van der Waals surface area contributed by atoms with Crippen molar-refractivity contribution in [1.29, 1.82) is 0 Å². The molecule has 2 N–H and O–H groups in total. The Morgan fingerprint density at radius 1 is 0.923 bits per heavy atom. The van der Waals surface area contributed by atoms with Gasteiger partial charge in [-0.05, 0) is 49.4 Å². The van der Waals surface area contributed by atoms with Crippen molar-refractivity contribution in [3.8, 4) is 0 Å². The number of carbonyl (C=O) groups excluding carboxylic acids is 1. The summed E-state index contributed by atoms with van der Waals surface area (Å²) in [5.74, 6) is -3.86. The van der Waals surface area contributed by atoms with Gasteiger partial charge in [0, 0.05) is 17.4 Å². The van der Waals surface area contributed by atoms with Crippen molar-refractivity contribution >= 4 is 28.9 Å². The van der Waals surface area contributed by atoms with Crippen molar-refractivity contribution in [2.45, 2.75) is 6.92 Å². The van der Waals surface area contributed by atoms with Crippen LogP contribution >= 0.6 is 0 Å². The normalized spacial score (nSPS) is 10.5. The van der Waals surface area contributed by atoms with Gasteiger partial charge >= 0.3 is 0 Å². The number of benzene rings is 2. The lowest BCUT2D eigenvalue weighted by atomic mass is 10.1. The summed E-state index contributed by atoms with van der Waals surface area (Å²) < 4.78 is 40.0. The number of aromatic nitrogens is 2. The largest absolute Gasteiger partial charge is 0.340 e. The topological polar surface area (TPSA) is 66.9 Å². The van der Waals surface area contributed by atoms with E-state index in [0.717, 1.165) is 12.1 Å². The first-order valence-corrected chi connectivity index (χ1v) is 7.55. The first-order chi connectivity index (χ1) is 12.4. The van der Waals surface area contributed by atoms with E-state index in [1.165, 1.54) is 13.1 Å². The maximum atomic E-state index is 13.7. The van der Waals surface area contributed by atoms with Crippen LogP contribution in [0.2, 0.25) is 0 Å². The number of hydrogen-bond donors (Lipinski definition) is 2. The highest BCUT2D eigenvalue weighted by Gasteiger charge is 2.14. The Hall–Kier alpha value is -3.42. The fourth-order valence-electron chi connectivity index (χ4n) is 2.17. The van der Waals surface area contributed by atoms with Gasteiger partial charge in [0.25, 0.3) is 0 Å². The Balaban J connectivity index is 1.78. The summed E-state index contributed by atoms with van der Waals surface area (Å²) in [4.78, 5) is 19.3. The van der Waals surface area contributed by atoms with Crippen LogP contribution in [-0.2, 0) is 0 Å². The molecule has 26 heavy (non-hydrogen) atoms. The number of carbonyl (C=O) groups is 1. The number of rotatable bonds is 5. The number of ketones is 1. The van der Waals surface area contributed by atoms with Gasteiger partial charge in [-0.1, -0.05) is 0 Å². The van der Waals surface area contributed by atoms with Crippen LogP contribution in [0, 0.1) is 17.5 Å². The third-order valence-electron chi connectivity index (χ3n) is 3.50. The summed E-state index contributed by atoms with van der Waals surface area (Å²) in [6, 6.07) is 10.2. The maximum absolute atomic E-state index is 13.7. The molecule has 8 heteroatoms. The zero-order chi connectivity index (χ0) is 18.7. The van der Waals surface area contributed by atoms with Gasteiger partial charge in [-0.2, -0.15) is 4.98 Å². The summed E-state index contributed by atoms with van der Waals surface area (Å²) in [5.41, 5.74) is 0.972. The molecule has 3 rings (SSSR count). The van der Waals surface area contributed by atoms with Crippen LogP contribution in [0.4, 0.5) is 36.3 Å². The molecule has 0 saturated carbocycles. The maximum Gasteiger partial charge on any atom is 0.229 e. The molecule has 1 heterocycles. The van der Waals surface area contributed by atoms with Crippen molar-refractivity contribution in [1.82, 2.24) is 9.97 Å². The molecular formula is C18H13F3N4O. The molecule has 0 aliphatic heterocycles. The molecule has 0 atom stereocenters. The summed E-state index contributed by atoms with van der Waals surface area (Å²) in [6.07, 6.45) is 1.42. The third-order valence-corrected chi connectivity index (χ3v) is 3.50. The van der Waals surface area contributed by atoms with Crippen LogP contribution < -0.4 is 10.6 Å². The lowest BCUT2D eigenvalue weighted by Gasteiger charge is -2.09. The Morgan fingerprint density at radius 2 is 1.65 bits per heavy atom. The average Bonchev–Trinajstić information content (AvgIpc) is 2.63. The van der Waals surface area contributed by atoms with Crippen LogP contribution in [0.5, 0.6) is 0 Å². The van der Waals surface area contributed by atoms with Crippen LogP contribution in [-0.4, -0.2) is 15.8 Å². The zero-order valence-corrected chi connectivity index (χ0v) is 13.6. The SMILES string of the molecule is CC(=O)c1ccc(Nc2ccnc(Nc3ccc(F)c(F)c3F)n2)cc1. The van der Waals surface area contributed by atoms with Gasteiger partial charge in [0.15, 0.2) is 23.2 Å². The van der Waals surface area contributed by atoms with Crippen molar-refractivity contribution in [2.24, 2.45) is 0 Å². The minimum absolute atomic E-state index is 0.000245. The van der Waals surface area contributed by atoms with Crippen molar-refractivity contribution in [3.63, 3.8) is 0 Å². The number of Topliss-reactive ketones (excluding diaryl/α,β-unsaturated/α-hetero) is 1. The van der Waals surface area contributed by atoms with Crippen molar-refractivity contribution in [2.75, 3.05) is 10.6 Å². The van der Waals surface area contributed by atoms with E-state index in [2.05, 4.69) is 20.6 Å². The summed E-state index contributed by atoms with van der Waals surface area (Å²) in [5, 5.41) is 5.50. The van der Waals surface area contributed by atoms with Gasteiger partial charge in [-0.3, -0.25) is 4.79 Å². The molecule has 3 aromatic rings. The van der Waals surface area contributed by atoms with E-state index in [9.17, 15) is 18.0 Å². The van der Waals surface area contributed by atoms with E-state index in [4.69, 9.17) is 0 Å². The highest BCUT2D eigenvalue weighted by atomic mass is 19.2. The number of nitrogens with zero attached hydrogens (tertiary/aromatic N) is 2. The molecule has 0 bridgehead atoms. The van der Waals surface area contributed by atoms with Gasteiger partial charge < -0.3 is 10.6 Å². The summed E-state index contributed by atoms with van der Waals surface area (Å²) >= 11 is 0. The lowest BCUT2D eigenvalue weighted by Crippen LogP contribution is -2.03. The Morgan fingerprint density at radius 3 is 2.35 bits per heavy atom. The molecule has 0 unspecified atom stereocenters. The second kappa shape index (κ2) is 7.22. The average molecular weight is 358 g/mol. The van der Waals surface area contributed by atoms with E-state index >= 15 is 0 Å². The Labute approximate surface area is 146 Å². The van der Waals surface area contributed by atoms with Crippen molar-refractivity contribution < 1.29 is 18.0 Å². The van der Waals surface area contributed by atoms with Crippen LogP contribution in [0.3, 0.4) is 0 Å². The van der Waals surface area contributed by atoms with Gasteiger partial charge in [0.05, 0.1) is 5.69 Å². The first kappa shape index (κ1) is 17.4.